The molecule has 1 unspecified atom stereocenters. The van der Waals surface area contributed by atoms with Crippen LogP contribution < -0.4 is 19.1 Å². The van der Waals surface area contributed by atoms with E-state index >= 15 is 0 Å². The maximum Gasteiger partial charge on any atom is 0.260 e. The predicted molar refractivity (Wildman–Crippen MR) is 122 cm³/mol. The molecule has 0 saturated carbocycles. The van der Waals surface area contributed by atoms with Gasteiger partial charge >= 0.3 is 0 Å². The van der Waals surface area contributed by atoms with Gasteiger partial charge in [-0.2, -0.15) is 0 Å². The summed E-state index contributed by atoms with van der Waals surface area (Å²) in [6.07, 6.45) is 0.423. The molecule has 0 radical (unpaired) electrons. The second-order valence-electron chi connectivity index (χ2n) is 7.13. The average Bonchev–Trinajstić information content (AvgIpc) is 2.75. The van der Waals surface area contributed by atoms with Crippen LogP contribution in [0.25, 0.3) is 10.8 Å². The van der Waals surface area contributed by atoms with Gasteiger partial charge in [-0.1, -0.05) is 30.3 Å². The van der Waals surface area contributed by atoms with E-state index in [4.69, 9.17) is 9.47 Å². The number of hydrogen-bond donors (Lipinski definition) is 1. The van der Waals surface area contributed by atoms with Gasteiger partial charge in [0.05, 0.1) is 18.5 Å². The molecule has 0 fully saturated rings. The molecular formula is C23H26N2O5S. The number of nitrogens with zero attached hydrogens (tertiary/aromatic N) is 1. The molecule has 3 rings (SSSR count). The highest BCUT2D eigenvalue weighted by atomic mass is 32.2. The van der Waals surface area contributed by atoms with Gasteiger partial charge in [-0.05, 0) is 54.1 Å². The maximum absolute atomic E-state index is 12.3. The number of nitrogens with one attached hydrogen (secondary N) is 1. The lowest BCUT2D eigenvalue weighted by atomic mass is 10.1. The zero-order valence-electron chi connectivity index (χ0n) is 17.7. The third kappa shape index (κ3) is 6.11. The summed E-state index contributed by atoms with van der Waals surface area (Å²) in [4.78, 5) is 12.3. The fourth-order valence-electron chi connectivity index (χ4n) is 2.93. The van der Waals surface area contributed by atoms with Crippen molar-refractivity contribution in [3.05, 3.63) is 66.7 Å². The Morgan fingerprint density at radius 2 is 1.65 bits per heavy atom. The van der Waals surface area contributed by atoms with Gasteiger partial charge in [0.15, 0.2) is 6.10 Å². The van der Waals surface area contributed by atoms with Crippen LogP contribution in [0.15, 0.2) is 66.7 Å². The van der Waals surface area contributed by atoms with Crippen LogP contribution in [0.5, 0.6) is 11.5 Å². The first-order valence-electron chi connectivity index (χ1n) is 9.84. The Morgan fingerprint density at radius 3 is 2.32 bits per heavy atom. The summed E-state index contributed by atoms with van der Waals surface area (Å²) in [5.41, 5.74) is 0.512. The summed E-state index contributed by atoms with van der Waals surface area (Å²) in [6, 6.07) is 20.4. The van der Waals surface area contributed by atoms with E-state index in [1.165, 1.54) is 11.4 Å². The summed E-state index contributed by atoms with van der Waals surface area (Å²) in [5, 5.41) is 5.02. The molecule has 0 spiro atoms. The molecule has 0 saturated heterocycles. The first kappa shape index (κ1) is 22.4. The first-order valence-corrected chi connectivity index (χ1v) is 11.7. The van der Waals surface area contributed by atoms with Crippen molar-refractivity contribution in [2.45, 2.75) is 13.0 Å². The number of anilines is 1. The Kier molecular flexibility index (Phi) is 7.02. The van der Waals surface area contributed by atoms with Crippen LogP contribution in [0.4, 0.5) is 5.69 Å². The summed E-state index contributed by atoms with van der Waals surface area (Å²) < 4.78 is 35.7. The van der Waals surface area contributed by atoms with Crippen molar-refractivity contribution >= 4 is 32.4 Å². The molecule has 1 atom stereocenters. The Morgan fingerprint density at radius 1 is 1.00 bits per heavy atom. The highest BCUT2D eigenvalue weighted by Crippen LogP contribution is 2.21. The Labute approximate surface area is 182 Å². The fourth-order valence-corrected chi connectivity index (χ4v) is 3.43. The van der Waals surface area contributed by atoms with E-state index < -0.39 is 16.1 Å². The zero-order chi connectivity index (χ0) is 22.4. The molecule has 0 aliphatic heterocycles. The van der Waals surface area contributed by atoms with E-state index in [9.17, 15) is 13.2 Å². The summed E-state index contributed by atoms with van der Waals surface area (Å²) in [5.74, 6) is 0.955. The van der Waals surface area contributed by atoms with Gasteiger partial charge in [-0.25, -0.2) is 8.42 Å². The minimum Gasteiger partial charge on any atom is -0.492 e. The topological polar surface area (TPSA) is 84.9 Å². The molecule has 0 aliphatic carbocycles. The molecular weight excluding hydrogens is 416 g/mol. The number of rotatable bonds is 9. The molecule has 1 amide bonds. The number of carbonyl (C=O) groups is 1. The van der Waals surface area contributed by atoms with E-state index in [1.807, 2.05) is 42.5 Å². The summed E-state index contributed by atoms with van der Waals surface area (Å²) >= 11 is 0. The van der Waals surface area contributed by atoms with Crippen molar-refractivity contribution in [1.82, 2.24) is 5.32 Å². The van der Waals surface area contributed by atoms with Crippen LogP contribution in [0.3, 0.4) is 0 Å². The molecule has 164 valence electrons. The lowest BCUT2D eigenvalue weighted by molar-refractivity contribution is -0.127. The van der Waals surface area contributed by atoms with Crippen LogP contribution in [-0.4, -0.2) is 46.9 Å². The van der Waals surface area contributed by atoms with Crippen molar-refractivity contribution in [2.75, 3.05) is 30.8 Å². The molecule has 7 nitrogen and oxygen atoms in total. The van der Waals surface area contributed by atoms with Crippen molar-refractivity contribution in [3.63, 3.8) is 0 Å². The SMILES string of the molecule is CC(Oc1ccc(N(C)S(C)(=O)=O)cc1)C(=O)NCCOc1ccc2ccccc2c1. The van der Waals surface area contributed by atoms with Crippen LogP contribution in [0, 0.1) is 0 Å². The maximum atomic E-state index is 12.3. The molecule has 31 heavy (non-hydrogen) atoms. The van der Waals surface area contributed by atoms with E-state index in [1.54, 1.807) is 31.2 Å². The first-order chi connectivity index (χ1) is 14.7. The average molecular weight is 443 g/mol. The Bertz CT molecular complexity index is 1150. The van der Waals surface area contributed by atoms with Crippen molar-refractivity contribution in [3.8, 4) is 11.5 Å². The monoisotopic (exact) mass is 442 g/mol. The third-order valence-corrected chi connectivity index (χ3v) is 5.98. The van der Waals surface area contributed by atoms with Gasteiger partial charge < -0.3 is 14.8 Å². The smallest absolute Gasteiger partial charge is 0.260 e. The molecule has 0 aliphatic rings. The number of sulfonamides is 1. The lowest BCUT2D eigenvalue weighted by Gasteiger charge is -2.18. The fraction of sp³-hybridized carbons (Fsp3) is 0.261. The minimum atomic E-state index is -3.33. The third-order valence-electron chi connectivity index (χ3n) is 4.77. The number of benzene rings is 3. The van der Waals surface area contributed by atoms with E-state index in [-0.39, 0.29) is 5.91 Å². The van der Waals surface area contributed by atoms with Crippen molar-refractivity contribution in [1.29, 1.82) is 0 Å². The molecule has 1 N–H and O–H groups in total. The van der Waals surface area contributed by atoms with Gasteiger partial charge in [0, 0.05) is 7.05 Å². The Hall–Kier alpha value is -3.26. The summed E-state index contributed by atoms with van der Waals surface area (Å²) in [6.45, 7) is 2.33. The standard InChI is InChI=1S/C23H26N2O5S/c1-17(30-21-12-9-20(10-13-21)25(2)31(3,27)28)23(26)24-14-15-29-22-11-8-18-6-4-5-7-19(18)16-22/h4-13,16-17H,14-15H2,1-3H3,(H,24,26). The molecule has 0 bridgehead atoms. The van der Waals surface area contributed by atoms with Gasteiger partial charge in [-0.15, -0.1) is 0 Å². The number of amides is 1. The largest absolute Gasteiger partial charge is 0.492 e. The van der Waals surface area contributed by atoms with Crippen LogP contribution in [-0.2, 0) is 14.8 Å². The second-order valence-corrected chi connectivity index (χ2v) is 9.15. The zero-order valence-corrected chi connectivity index (χ0v) is 18.6. The number of carbonyl (C=O) groups excluding carboxylic acids is 1. The van der Waals surface area contributed by atoms with E-state index in [0.29, 0.717) is 24.6 Å². The number of fused-ring (bicyclic) bond motifs is 1. The van der Waals surface area contributed by atoms with Crippen molar-refractivity contribution < 1.29 is 22.7 Å². The van der Waals surface area contributed by atoms with Crippen molar-refractivity contribution in [2.24, 2.45) is 0 Å². The molecule has 8 heteroatoms. The highest BCUT2D eigenvalue weighted by Gasteiger charge is 2.15. The Balaban J connectivity index is 1.44. The van der Waals surface area contributed by atoms with Gasteiger partial charge in [-0.3, -0.25) is 9.10 Å². The highest BCUT2D eigenvalue weighted by molar-refractivity contribution is 7.92. The lowest BCUT2D eigenvalue weighted by Crippen LogP contribution is -2.38. The molecule has 0 aromatic heterocycles. The minimum absolute atomic E-state index is 0.264. The van der Waals surface area contributed by atoms with E-state index in [0.717, 1.165) is 22.8 Å². The van der Waals surface area contributed by atoms with E-state index in [2.05, 4.69) is 5.32 Å². The van der Waals surface area contributed by atoms with Crippen LogP contribution >= 0.6 is 0 Å². The second kappa shape index (κ2) is 9.70. The van der Waals surface area contributed by atoms with Gasteiger partial charge in [0.1, 0.15) is 18.1 Å². The summed E-state index contributed by atoms with van der Waals surface area (Å²) in [7, 11) is -1.86. The van der Waals surface area contributed by atoms with Gasteiger partial charge in [0.2, 0.25) is 10.0 Å². The number of ether oxygens (including phenoxy) is 2. The molecule has 3 aromatic rings. The number of hydrogen-bond acceptors (Lipinski definition) is 5. The van der Waals surface area contributed by atoms with Crippen LogP contribution in [0.2, 0.25) is 0 Å². The normalized spacial score (nSPS) is 12.2. The predicted octanol–water partition coefficient (Wildman–Crippen LogP) is 3.20. The quantitative estimate of drug-likeness (QED) is 0.515. The van der Waals surface area contributed by atoms with Crippen LogP contribution in [0.1, 0.15) is 6.92 Å². The van der Waals surface area contributed by atoms with Gasteiger partial charge in [0.25, 0.3) is 5.91 Å². The molecule has 0 heterocycles. The molecule has 3 aromatic carbocycles.